The summed E-state index contributed by atoms with van der Waals surface area (Å²) in [6, 6.07) is 3.39. The van der Waals surface area contributed by atoms with Gasteiger partial charge in [0, 0.05) is 18.5 Å². The number of hydrogen-bond acceptors (Lipinski definition) is 7. The normalized spacial score (nSPS) is 23.3. The number of halogens is 2. The van der Waals surface area contributed by atoms with E-state index in [-0.39, 0.29) is 34.5 Å². The molecular weight excluding hydrogens is 452 g/mol. The number of methoxy groups -OCH3 is 1. The van der Waals surface area contributed by atoms with E-state index in [9.17, 15) is 13.6 Å². The Kier molecular flexibility index (Phi) is 6.84. The summed E-state index contributed by atoms with van der Waals surface area (Å²) in [5.41, 5.74) is 7.68. The van der Waals surface area contributed by atoms with E-state index in [1.807, 2.05) is 6.92 Å². The first-order valence-corrected chi connectivity index (χ1v) is 11.4. The summed E-state index contributed by atoms with van der Waals surface area (Å²) in [7, 11) is 1.60. The van der Waals surface area contributed by atoms with E-state index in [0.717, 1.165) is 23.5 Å². The van der Waals surface area contributed by atoms with E-state index in [4.69, 9.17) is 15.2 Å². The number of nitrogens with two attached hydrogens (primary N) is 1. The van der Waals surface area contributed by atoms with Crippen molar-refractivity contribution in [1.82, 2.24) is 15.2 Å². The third-order valence-corrected chi connectivity index (χ3v) is 6.59. The predicted molar refractivity (Wildman–Crippen MR) is 120 cm³/mol. The van der Waals surface area contributed by atoms with Crippen LogP contribution in [0.15, 0.2) is 23.6 Å². The van der Waals surface area contributed by atoms with Gasteiger partial charge in [0.15, 0.2) is 0 Å². The smallest absolute Gasteiger partial charge is 0.275 e. The molecule has 2 aromatic heterocycles. The molecule has 0 saturated carbocycles. The minimum absolute atomic E-state index is 0.0424. The predicted octanol–water partition coefficient (Wildman–Crippen LogP) is 3.95. The van der Waals surface area contributed by atoms with Crippen molar-refractivity contribution in [2.75, 3.05) is 12.4 Å². The van der Waals surface area contributed by atoms with E-state index in [0.29, 0.717) is 29.9 Å². The molecule has 3 heterocycles. The molecule has 11 heteroatoms. The highest BCUT2D eigenvalue weighted by Crippen LogP contribution is 2.35. The number of benzene rings is 1. The fourth-order valence-corrected chi connectivity index (χ4v) is 4.89. The number of anilines is 1. The van der Waals surface area contributed by atoms with E-state index < -0.39 is 23.6 Å². The van der Waals surface area contributed by atoms with Crippen LogP contribution in [0, 0.1) is 18.6 Å². The number of aromatic amines is 1. The highest BCUT2D eigenvalue weighted by atomic mass is 32.1. The van der Waals surface area contributed by atoms with Gasteiger partial charge >= 0.3 is 0 Å². The third-order valence-electron chi connectivity index (χ3n) is 5.73. The van der Waals surface area contributed by atoms with Crippen LogP contribution in [0.25, 0.3) is 10.6 Å². The maximum atomic E-state index is 14.1. The highest BCUT2D eigenvalue weighted by molar-refractivity contribution is 7.13. The molecule has 176 valence electrons. The van der Waals surface area contributed by atoms with Gasteiger partial charge in [-0.25, -0.2) is 13.8 Å². The minimum Gasteiger partial charge on any atom is -0.377 e. The summed E-state index contributed by atoms with van der Waals surface area (Å²) >= 11 is 0.987. The maximum absolute atomic E-state index is 14.1. The SMILES string of the molecule is CO[C@H]1[C@H](N)CC[C@@H](c2n[nH]c(C)c2NC(=O)c2csc(-c3c(F)cccc3F)n2)O[C@@H]1C. The van der Waals surface area contributed by atoms with Gasteiger partial charge in [0.1, 0.15) is 34.1 Å². The summed E-state index contributed by atoms with van der Waals surface area (Å²) in [5, 5.41) is 11.6. The lowest BCUT2D eigenvalue weighted by atomic mass is 10.0. The number of nitrogens with one attached hydrogen (secondary N) is 2. The Balaban J connectivity index is 1.56. The molecule has 1 aliphatic rings. The summed E-state index contributed by atoms with van der Waals surface area (Å²) < 4.78 is 39.8. The molecule has 1 fully saturated rings. The first-order valence-electron chi connectivity index (χ1n) is 10.5. The molecular formula is C22H25F2N5O3S. The standard InChI is InChI=1S/C22H25F2N5O3S/c1-10-18(19(29-28-10)16-8-7-14(25)20(31-3)11(2)32-16)27-21(30)15-9-33-22(26-15)17-12(23)5-4-6-13(17)24/h4-6,9,11,14,16,20H,7-8,25H2,1-3H3,(H,27,30)(H,28,29)/t11-,14-,16+,20-/m1/s1. The number of aryl methyl sites for hydroxylation is 1. The lowest BCUT2D eigenvalue weighted by molar-refractivity contribution is -0.0750. The molecule has 1 aliphatic heterocycles. The number of aromatic nitrogens is 3. The molecule has 0 unspecified atom stereocenters. The van der Waals surface area contributed by atoms with Gasteiger partial charge < -0.3 is 20.5 Å². The van der Waals surface area contributed by atoms with E-state index in [1.165, 1.54) is 11.4 Å². The molecule has 0 bridgehead atoms. The Bertz CT molecular complexity index is 1130. The van der Waals surface area contributed by atoms with Crippen molar-refractivity contribution in [2.24, 2.45) is 5.73 Å². The number of carbonyl (C=O) groups is 1. The third kappa shape index (κ3) is 4.67. The largest absolute Gasteiger partial charge is 0.377 e. The molecule has 4 atom stereocenters. The van der Waals surface area contributed by atoms with Crippen molar-refractivity contribution in [3.05, 3.63) is 52.3 Å². The average Bonchev–Trinajstić information content (AvgIpc) is 3.36. The Hall–Kier alpha value is -2.73. The van der Waals surface area contributed by atoms with Gasteiger partial charge in [-0.1, -0.05) is 6.07 Å². The first-order chi connectivity index (χ1) is 15.8. The molecule has 8 nitrogen and oxygen atoms in total. The maximum Gasteiger partial charge on any atom is 0.275 e. The van der Waals surface area contributed by atoms with Gasteiger partial charge in [0.2, 0.25) is 0 Å². The molecule has 0 radical (unpaired) electrons. The van der Waals surface area contributed by atoms with E-state index >= 15 is 0 Å². The van der Waals surface area contributed by atoms with Crippen molar-refractivity contribution >= 4 is 22.9 Å². The van der Waals surface area contributed by atoms with Crippen molar-refractivity contribution in [2.45, 2.75) is 51.0 Å². The zero-order valence-corrected chi connectivity index (χ0v) is 19.2. The van der Waals surface area contributed by atoms with Crippen LogP contribution in [0.5, 0.6) is 0 Å². The van der Waals surface area contributed by atoms with Gasteiger partial charge in [-0.05, 0) is 38.8 Å². The molecule has 1 amide bonds. The van der Waals surface area contributed by atoms with Crippen LogP contribution in [0.4, 0.5) is 14.5 Å². The number of hydrogen-bond donors (Lipinski definition) is 3. The van der Waals surface area contributed by atoms with Gasteiger partial charge in [-0.15, -0.1) is 11.3 Å². The Morgan fingerprint density at radius 3 is 2.76 bits per heavy atom. The van der Waals surface area contributed by atoms with Gasteiger partial charge in [0.25, 0.3) is 5.91 Å². The second-order valence-corrected chi connectivity index (χ2v) is 8.83. The summed E-state index contributed by atoms with van der Waals surface area (Å²) in [5.74, 6) is -2.00. The van der Waals surface area contributed by atoms with Gasteiger partial charge in [-0.3, -0.25) is 9.89 Å². The summed E-state index contributed by atoms with van der Waals surface area (Å²) in [4.78, 5) is 17.1. The number of H-pyrrole nitrogens is 1. The van der Waals surface area contributed by atoms with Crippen molar-refractivity contribution < 1.29 is 23.0 Å². The number of thiazole rings is 1. The summed E-state index contributed by atoms with van der Waals surface area (Å²) in [6.45, 7) is 3.67. The van der Waals surface area contributed by atoms with Crippen LogP contribution in [0.3, 0.4) is 0 Å². The van der Waals surface area contributed by atoms with Gasteiger partial charge in [0.05, 0.1) is 29.2 Å². The molecule has 4 N–H and O–H groups in total. The number of rotatable bonds is 5. The summed E-state index contributed by atoms with van der Waals surface area (Å²) in [6.07, 6.45) is 0.350. The van der Waals surface area contributed by atoms with Crippen molar-refractivity contribution in [3.8, 4) is 10.6 Å². The Labute approximate surface area is 193 Å². The van der Waals surface area contributed by atoms with E-state index in [1.54, 1.807) is 14.0 Å². The number of ether oxygens (including phenoxy) is 2. The zero-order chi connectivity index (χ0) is 23.7. The van der Waals surface area contributed by atoms with Gasteiger partial charge in [-0.2, -0.15) is 5.10 Å². The fraction of sp³-hybridized carbons (Fsp3) is 0.409. The van der Waals surface area contributed by atoms with Crippen LogP contribution >= 0.6 is 11.3 Å². The molecule has 33 heavy (non-hydrogen) atoms. The number of carbonyl (C=O) groups excluding carboxylic acids is 1. The van der Waals surface area contributed by atoms with Crippen LogP contribution < -0.4 is 11.1 Å². The molecule has 4 rings (SSSR count). The fourth-order valence-electron chi connectivity index (χ4n) is 4.04. The average molecular weight is 478 g/mol. The van der Waals surface area contributed by atoms with Crippen LogP contribution in [-0.4, -0.2) is 46.4 Å². The van der Waals surface area contributed by atoms with Crippen LogP contribution in [0.1, 0.15) is 47.7 Å². The number of amides is 1. The molecule has 1 aromatic carbocycles. The lowest BCUT2D eigenvalue weighted by Crippen LogP contribution is -2.42. The van der Waals surface area contributed by atoms with Crippen molar-refractivity contribution in [1.29, 1.82) is 0 Å². The highest BCUT2D eigenvalue weighted by Gasteiger charge is 2.34. The lowest BCUT2D eigenvalue weighted by Gasteiger charge is -2.25. The van der Waals surface area contributed by atoms with Crippen molar-refractivity contribution in [3.63, 3.8) is 0 Å². The molecule has 0 aliphatic carbocycles. The monoisotopic (exact) mass is 477 g/mol. The van der Waals surface area contributed by atoms with Crippen LogP contribution in [-0.2, 0) is 9.47 Å². The second-order valence-electron chi connectivity index (χ2n) is 7.97. The second kappa shape index (κ2) is 9.64. The minimum atomic E-state index is -0.739. The topological polar surface area (TPSA) is 115 Å². The first kappa shape index (κ1) is 23.4. The van der Waals surface area contributed by atoms with E-state index in [2.05, 4.69) is 20.5 Å². The molecule has 3 aromatic rings. The molecule has 1 saturated heterocycles. The zero-order valence-electron chi connectivity index (χ0n) is 18.4. The quantitative estimate of drug-likeness (QED) is 0.513. The Morgan fingerprint density at radius 2 is 2.06 bits per heavy atom. The Morgan fingerprint density at radius 1 is 1.33 bits per heavy atom. The number of nitrogens with zero attached hydrogens (tertiary/aromatic N) is 2. The molecule has 0 spiro atoms. The van der Waals surface area contributed by atoms with Crippen LogP contribution in [0.2, 0.25) is 0 Å².